The molecule has 0 unspecified atom stereocenters. The summed E-state index contributed by atoms with van der Waals surface area (Å²) in [7, 11) is 1.50. The molecule has 1 atom stereocenters. The van der Waals surface area contributed by atoms with Crippen LogP contribution in [0.4, 0.5) is 4.39 Å². The molecular formula is C11H15FO3. The average Bonchev–Trinajstić information content (AvgIpc) is 2.26. The molecule has 1 aromatic rings. The third-order valence-electron chi connectivity index (χ3n) is 2.07. The van der Waals surface area contributed by atoms with Gasteiger partial charge in [0, 0.05) is 12.2 Å². The smallest absolute Gasteiger partial charge is 0.124 e. The van der Waals surface area contributed by atoms with Crippen LogP contribution in [0.5, 0.6) is 5.75 Å². The van der Waals surface area contributed by atoms with Crippen LogP contribution < -0.4 is 4.74 Å². The summed E-state index contributed by atoms with van der Waals surface area (Å²) in [6.07, 6.45) is -0.541. The Kier molecular flexibility index (Phi) is 4.52. The van der Waals surface area contributed by atoms with Crippen molar-refractivity contribution in [1.29, 1.82) is 0 Å². The third kappa shape index (κ3) is 2.91. The Hall–Kier alpha value is -1.13. The van der Waals surface area contributed by atoms with Crippen LogP contribution in [0.3, 0.4) is 0 Å². The molecule has 3 nitrogen and oxygen atoms in total. The summed E-state index contributed by atoms with van der Waals surface area (Å²) in [6.45, 7) is 2.06. The fourth-order valence-corrected chi connectivity index (χ4v) is 1.40. The van der Waals surface area contributed by atoms with Crippen molar-refractivity contribution in [3.63, 3.8) is 0 Å². The summed E-state index contributed by atoms with van der Waals surface area (Å²) in [5.41, 5.74) is 0.529. The fourth-order valence-electron chi connectivity index (χ4n) is 1.40. The number of benzene rings is 1. The fraction of sp³-hybridized carbons (Fsp3) is 0.455. The quantitative estimate of drug-likeness (QED) is 0.813. The van der Waals surface area contributed by atoms with Crippen molar-refractivity contribution in [2.75, 3.05) is 20.3 Å². The lowest BCUT2D eigenvalue weighted by molar-refractivity contribution is 0.0174. The van der Waals surface area contributed by atoms with Gasteiger partial charge in [-0.15, -0.1) is 0 Å². The van der Waals surface area contributed by atoms with E-state index in [0.29, 0.717) is 17.9 Å². The van der Waals surface area contributed by atoms with Gasteiger partial charge < -0.3 is 14.6 Å². The molecule has 0 aliphatic rings. The maximum Gasteiger partial charge on any atom is 0.124 e. The zero-order valence-corrected chi connectivity index (χ0v) is 8.87. The number of aliphatic hydroxyl groups is 1. The third-order valence-corrected chi connectivity index (χ3v) is 2.07. The topological polar surface area (TPSA) is 38.7 Å². The van der Waals surface area contributed by atoms with Gasteiger partial charge in [0.05, 0.1) is 13.7 Å². The maximum absolute atomic E-state index is 13.0. The van der Waals surface area contributed by atoms with Gasteiger partial charge in [0.2, 0.25) is 0 Å². The van der Waals surface area contributed by atoms with Crippen molar-refractivity contribution in [1.82, 2.24) is 0 Å². The highest BCUT2D eigenvalue weighted by Gasteiger charge is 2.16. The monoisotopic (exact) mass is 214 g/mol. The molecule has 1 rings (SSSR count). The van der Waals surface area contributed by atoms with Crippen molar-refractivity contribution in [2.24, 2.45) is 0 Å². The second-order valence-electron chi connectivity index (χ2n) is 3.01. The van der Waals surface area contributed by atoms with Gasteiger partial charge in [-0.1, -0.05) is 0 Å². The Morgan fingerprint density at radius 2 is 2.20 bits per heavy atom. The molecule has 4 heteroatoms. The van der Waals surface area contributed by atoms with Gasteiger partial charge in [-0.05, 0) is 25.1 Å². The van der Waals surface area contributed by atoms with Gasteiger partial charge >= 0.3 is 0 Å². The van der Waals surface area contributed by atoms with Crippen molar-refractivity contribution in [3.05, 3.63) is 29.6 Å². The van der Waals surface area contributed by atoms with Crippen LogP contribution in [-0.4, -0.2) is 25.4 Å². The first-order valence-corrected chi connectivity index (χ1v) is 4.78. The number of methoxy groups -OCH3 is 1. The highest BCUT2D eigenvalue weighted by Crippen LogP contribution is 2.28. The predicted molar refractivity (Wildman–Crippen MR) is 54.4 cm³/mol. The van der Waals surface area contributed by atoms with Gasteiger partial charge in [-0.3, -0.25) is 0 Å². The number of aliphatic hydroxyl groups excluding tert-OH is 1. The average molecular weight is 214 g/mol. The Bertz CT molecular complexity index is 315. The normalized spacial score (nSPS) is 12.5. The second-order valence-corrected chi connectivity index (χ2v) is 3.01. The highest BCUT2D eigenvalue weighted by atomic mass is 19.1. The van der Waals surface area contributed by atoms with Gasteiger partial charge in [0.25, 0.3) is 0 Å². The zero-order chi connectivity index (χ0) is 11.3. The zero-order valence-electron chi connectivity index (χ0n) is 8.87. The van der Waals surface area contributed by atoms with Gasteiger partial charge in [-0.2, -0.15) is 0 Å². The van der Waals surface area contributed by atoms with E-state index < -0.39 is 6.10 Å². The summed E-state index contributed by atoms with van der Waals surface area (Å²) >= 11 is 0. The summed E-state index contributed by atoms with van der Waals surface area (Å²) in [5, 5.41) is 9.12. The van der Waals surface area contributed by atoms with Crippen molar-refractivity contribution in [2.45, 2.75) is 13.0 Å². The van der Waals surface area contributed by atoms with Crippen molar-refractivity contribution < 1.29 is 19.0 Å². The van der Waals surface area contributed by atoms with E-state index >= 15 is 0 Å². The highest BCUT2D eigenvalue weighted by molar-refractivity contribution is 5.35. The minimum absolute atomic E-state index is 0.201. The second kappa shape index (κ2) is 5.68. The van der Waals surface area contributed by atoms with Crippen LogP contribution in [-0.2, 0) is 4.74 Å². The molecule has 0 spiro atoms. The van der Waals surface area contributed by atoms with Crippen molar-refractivity contribution >= 4 is 0 Å². The molecule has 1 aromatic carbocycles. The minimum atomic E-state index is -0.541. The molecule has 0 aliphatic carbocycles. The first kappa shape index (κ1) is 11.9. The number of ether oxygens (including phenoxy) is 2. The number of rotatable bonds is 5. The summed E-state index contributed by atoms with van der Waals surface area (Å²) in [5.74, 6) is 0.146. The van der Waals surface area contributed by atoms with E-state index in [9.17, 15) is 4.39 Å². The Labute approximate surface area is 88.4 Å². The van der Waals surface area contributed by atoms with Crippen LogP contribution in [0, 0.1) is 5.82 Å². The lowest BCUT2D eigenvalue weighted by Crippen LogP contribution is -2.10. The molecule has 0 aromatic heterocycles. The molecule has 0 bridgehead atoms. The van der Waals surface area contributed by atoms with Crippen LogP contribution in [0.2, 0.25) is 0 Å². The molecular weight excluding hydrogens is 199 g/mol. The van der Waals surface area contributed by atoms with Crippen molar-refractivity contribution in [3.8, 4) is 5.75 Å². The molecule has 0 saturated heterocycles. The SMILES string of the molecule is CCO[C@@H](CO)c1cc(F)ccc1OC. The molecule has 0 aliphatic heterocycles. The van der Waals surface area contributed by atoms with E-state index in [-0.39, 0.29) is 12.4 Å². The number of hydrogen-bond donors (Lipinski definition) is 1. The van der Waals surface area contributed by atoms with E-state index in [1.165, 1.54) is 25.3 Å². The lowest BCUT2D eigenvalue weighted by atomic mass is 10.1. The van der Waals surface area contributed by atoms with E-state index in [0.717, 1.165) is 0 Å². The Balaban J connectivity index is 3.02. The largest absolute Gasteiger partial charge is 0.496 e. The van der Waals surface area contributed by atoms with E-state index in [2.05, 4.69) is 0 Å². The van der Waals surface area contributed by atoms with E-state index in [1.807, 2.05) is 6.92 Å². The predicted octanol–water partition coefficient (Wildman–Crippen LogP) is 1.90. The molecule has 1 N–H and O–H groups in total. The molecule has 0 saturated carbocycles. The Morgan fingerprint density at radius 1 is 1.47 bits per heavy atom. The summed E-state index contributed by atoms with van der Waals surface area (Å²) < 4.78 is 23.4. The van der Waals surface area contributed by atoms with Crippen LogP contribution in [0.15, 0.2) is 18.2 Å². The first-order valence-electron chi connectivity index (χ1n) is 4.78. The van der Waals surface area contributed by atoms with Gasteiger partial charge in [0.1, 0.15) is 17.7 Å². The maximum atomic E-state index is 13.0. The number of hydrogen-bond acceptors (Lipinski definition) is 3. The van der Waals surface area contributed by atoms with Gasteiger partial charge in [-0.25, -0.2) is 4.39 Å². The molecule has 15 heavy (non-hydrogen) atoms. The van der Waals surface area contributed by atoms with Crippen LogP contribution >= 0.6 is 0 Å². The summed E-state index contributed by atoms with van der Waals surface area (Å²) in [6, 6.07) is 4.14. The minimum Gasteiger partial charge on any atom is -0.496 e. The lowest BCUT2D eigenvalue weighted by Gasteiger charge is -2.17. The summed E-state index contributed by atoms with van der Waals surface area (Å²) in [4.78, 5) is 0. The van der Waals surface area contributed by atoms with Crippen LogP contribution in [0.1, 0.15) is 18.6 Å². The Morgan fingerprint density at radius 3 is 2.73 bits per heavy atom. The molecule has 0 radical (unpaired) electrons. The molecule has 0 heterocycles. The van der Waals surface area contributed by atoms with E-state index in [1.54, 1.807) is 0 Å². The molecule has 84 valence electrons. The standard InChI is InChI=1S/C11H15FO3/c1-3-15-11(7-13)9-6-8(12)4-5-10(9)14-2/h4-6,11,13H,3,7H2,1-2H3/t11-/m0/s1. The molecule has 0 amide bonds. The van der Waals surface area contributed by atoms with Gasteiger partial charge in [0.15, 0.2) is 0 Å². The van der Waals surface area contributed by atoms with Crippen LogP contribution in [0.25, 0.3) is 0 Å². The first-order chi connectivity index (χ1) is 7.22. The number of halogens is 1. The van der Waals surface area contributed by atoms with E-state index in [4.69, 9.17) is 14.6 Å². The molecule has 0 fully saturated rings.